The number of pyridine rings is 1. The van der Waals surface area contributed by atoms with Crippen LogP contribution >= 0.6 is 0 Å². The van der Waals surface area contributed by atoms with Crippen molar-refractivity contribution in [2.45, 2.75) is 13.8 Å². The van der Waals surface area contributed by atoms with Crippen LogP contribution in [0.5, 0.6) is 0 Å². The van der Waals surface area contributed by atoms with E-state index in [-0.39, 0.29) is 11.6 Å². The van der Waals surface area contributed by atoms with Gasteiger partial charge in [-0.15, -0.1) is 0 Å². The van der Waals surface area contributed by atoms with Crippen molar-refractivity contribution in [3.05, 3.63) is 63.3 Å². The van der Waals surface area contributed by atoms with Crippen molar-refractivity contribution >= 4 is 17.4 Å². The third kappa shape index (κ3) is 3.60. The number of nitro groups is 1. The maximum Gasteiger partial charge on any atom is 0.287 e. The van der Waals surface area contributed by atoms with Gasteiger partial charge in [0.15, 0.2) is 0 Å². The summed E-state index contributed by atoms with van der Waals surface area (Å²) in [5.41, 5.74) is 2.85. The van der Waals surface area contributed by atoms with Gasteiger partial charge in [-0.05, 0) is 31.5 Å². The Morgan fingerprint density at radius 3 is 2.40 bits per heavy atom. The van der Waals surface area contributed by atoms with Gasteiger partial charge in [0.2, 0.25) is 0 Å². The Bertz CT molecular complexity index is 796. The highest BCUT2D eigenvalue weighted by molar-refractivity contribution is 5.95. The number of carbonyl (C=O) groups is 1. The quantitative estimate of drug-likeness (QED) is 0.634. The smallest absolute Gasteiger partial charge is 0.287 e. The number of amides is 1. The Kier molecular flexibility index (Phi) is 4.65. The number of carbonyl (C=O) groups excluding carboxylic acids is 1. The highest BCUT2D eigenvalue weighted by atomic mass is 16.6. The molecule has 1 fully saturated rings. The van der Waals surface area contributed by atoms with Crippen molar-refractivity contribution < 1.29 is 9.72 Å². The van der Waals surface area contributed by atoms with Crippen LogP contribution in [0.3, 0.4) is 0 Å². The van der Waals surface area contributed by atoms with Gasteiger partial charge in [-0.3, -0.25) is 14.9 Å². The van der Waals surface area contributed by atoms with Gasteiger partial charge in [0.05, 0.1) is 4.92 Å². The van der Waals surface area contributed by atoms with Crippen molar-refractivity contribution in [2.24, 2.45) is 0 Å². The molecule has 1 aliphatic heterocycles. The molecule has 2 aromatic rings. The number of benzene rings is 1. The second-order valence-electron chi connectivity index (χ2n) is 6.23. The van der Waals surface area contributed by atoms with Crippen LogP contribution in [0.4, 0.5) is 11.5 Å². The molecule has 7 nitrogen and oxygen atoms in total. The van der Waals surface area contributed by atoms with E-state index in [1.54, 1.807) is 6.07 Å². The van der Waals surface area contributed by atoms with Crippen molar-refractivity contribution in [3.63, 3.8) is 0 Å². The van der Waals surface area contributed by atoms with E-state index in [2.05, 4.69) is 4.98 Å². The molecule has 0 saturated carbocycles. The van der Waals surface area contributed by atoms with E-state index in [4.69, 9.17) is 0 Å². The molecule has 1 saturated heterocycles. The lowest BCUT2D eigenvalue weighted by atomic mass is 10.0. The van der Waals surface area contributed by atoms with E-state index in [0.717, 1.165) is 16.7 Å². The van der Waals surface area contributed by atoms with Crippen LogP contribution in [-0.2, 0) is 0 Å². The first-order valence-electron chi connectivity index (χ1n) is 8.17. The summed E-state index contributed by atoms with van der Waals surface area (Å²) in [6, 6.07) is 8.97. The zero-order chi connectivity index (χ0) is 18.0. The first kappa shape index (κ1) is 16.9. The van der Waals surface area contributed by atoms with E-state index < -0.39 is 4.92 Å². The average Bonchev–Trinajstić information content (AvgIpc) is 2.61. The zero-order valence-corrected chi connectivity index (χ0v) is 14.3. The number of anilines is 1. The fourth-order valence-electron chi connectivity index (χ4n) is 3.04. The first-order valence-corrected chi connectivity index (χ1v) is 8.17. The molecule has 0 atom stereocenters. The summed E-state index contributed by atoms with van der Waals surface area (Å²) in [5, 5.41) is 10.7. The lowest BCUT2D eigenvalue weighted by Crippen LogP contribution is -2.49. The van der Waals surface area contributed by atoms with Gasteiger partial charge in [0, 0.05) is 37.8 Å². The molecule has 3 rings (SSSR count). The molecular weight excluding hydrogens is 320 g/mol. The van der Waals surface area contributed by atoms with Crippen LogP contribution in [-0.4, -0.2) is 46.9 Å². The number of piperazine rings is 1. The predicted molar refractivity (Wildman–Crippen MR) is 94.9 cm³/mol. The SMILES string of the molecule is Cc1ccc(C(=O)N2CCN(c3ccc([N+](=O)[O-])cn3)CC2)c(C)c1. The largest absolute Gasteiger partial charge is 0.353 e. The first-order chi connectivity index (χ1) is 12.0. The van der Waals surface area contributed by atoms with E-state index in [0.29, 0.717) is 32.0 Å². The summed E-state index contributed by atoms with van der Waals surface area (Å²) in [5.74, 6) is 0.748. The molecule has 1 amide bonds. The van der Waals surface area contributed by atoms with Crippen molar-refractivity contribution in [1.82, 2.24) is 9.88 Å². The molecule has 0 bridgehead atoms. The van der Waals surface area contributed by atoms with Crippen LogP contribution < -0.4 is 4.90 Å². The van der Waals surface area contributed by atoms with E-state index in [1.165, 1.54) is 12.3 Å². The molecule has 130 valence electrons. The van der Waals surface area contributed by atoms with E-state index in [9.17, 15) is 14.9 Å². The molecular formula is C18H20N4O3. The summed E-state index contributed by atoms with van der Waals surface area (Å²) < 4.78 is 0. The standard InChI is InChI=1S/C18H20N4O3/c1-13-3-5-16(14(2)11-13)18(23)21-9-7-20(8-10-21)17-6-4-15(12-19-17)22(24)25/h3-6,11-12H,7-10H2,1-2H3. The minimum atomic E-state index is -0.461. The fourth-order valence-corrected chi connectivity index (χ4v) is 3.04. The van der Waals surface area contributed by atoms with Crippen molar-refractivity contribution in [1.29, 1.82) is 0 Å². The van der Waals surface area contributed by atoms with Gasteiger partial charge >= 0.3 is 0 Å². The number of hydrogen-bond donors (Lipinski definition) is 0. The minimum Gasteiger partial charge on any atom is -0.353 e. The van der Waals surface area contributed by atoms with Crippen LogP contribution in [0.1, 0.15) is 21.5 Å². The molecule has 7 heteroatoms. The monoisotopic (exact) mass is 340 g/mol. The van der Waals surface area contributed by atoms with Crippen molar-refractivity contribution in [2.75, 3.05) is 31.1 Å². The number of hydrogen-bond acceptors (Lipinski definition) is 5. The average molecular weight is 340 g/mol. The molecule has 1 aromatic heterocycles. The second-order valence-corrected chi connectivity index (χ2v) is 6.23. The van der Waals surface area contributed by atoms with Gasteiger partial charge in [0.1, 0.15) is 12.0 Å². The second kappa shape index (κ2) is 6.88. The van der Waals surface area contributed by atoms with Gasteiger partial charge in [-0.1, -0.05) is 17.7 Å². The number of aryl methyl sites for hydroxylation is 2. The third-order valence-corrected chi connectivity index (χ3v) is 4.45. The molecule has 1 aromatic carbocycles. The van der Waals surface area contributed by atoms with Gasteiger partial charge < -0.3 is 9.80 Å². The molecule has 0 aliphatic carbocycles. The molecule has 1 aliphatic rings. The van der Waals surface area contributed by atoms with Crippen LogP contribution in [0.2, 0.25) is 0 Å². The van der Waals surface area contributed by atoms with Gasteiger partial charge in [-0.2, -0.15) is 0 Å². The van der Waals surface area contributed by atoms with Crippen LogP contribution in [0.15, 0.2) is 36.5 Å². The maximum atomic E-state index is 12.7. The summed E-state index contributed by atoms with van der Waals surface area (Å²) >= 11 is 0. The highest BCUT2D eigenvalue weighted by Crippen LogP contribution is 2.19. The lowest BCUT2D eigenvalue weighted by Gasteiger charge is -2.35. The summed E-state index contributed by atoms with van der Waals surface area (Å²) in [6.07, 6.45) is 1.27. The highest BCUT2D eigenvalue weighted by Gasteiger charge is 2.24. The lowest BCUT2D eigenvalue weighted by molar-refractivity contribution is -0.385. The molecule has 25 heavy (non-hydrogen) atoms. The van der Waals surface area contributed by atoms with Crippen LogP contribution in [0, 0.1) is 24.0 Å². The third-order valence-electron chi connectivity index (χ3n) is 4.45. The summed E-state index contributed by atoms with van der Waals surface area (Å²) in [4.78, 5) is 31.0. The minimum absolute atomic E-state index is 0.0209. The van der Waals surface area contributed by atoms with Gasteiger partial charge in [0.25, 0.3) is 11.6 Å². The Balaban J connectivity index is 1.65. The number of nitrogens with zero attached hydrogens (tertiary/aromatic N) is 4. The van der Waals surface area contributed by atoms with E-state index in [1.807, 2.05) is 41.8 Å². The maximum absolute atomic E-state index is 12.7. The molecule has 0 unspecified atom stereocenters. The number of aromatic nitrogens is 1. The fraction of sp³-hybridized carbons (Fsp3) is 0.333. The van der Waals surface area contributed by atoms with E-state index >= 15 is 0 Å². The Hall–Kier alpha value is -2.96. The Morgan fingerprint density at radius 2 is 1.84 bits per heavy atom. The normalized spacial score (nSPS) is 14.5. The number of rotatable bonds is 3. The van der Waals surface area contributed by atoms with Crippen LogP contribution in [0.25, 0.3) is 0 Å². The topological polar surface area (TPSA) is 79.6 Å². The van der Waals surface area contributed by atoms with Gasteiger partial charge in [-0.25, -0.2) is 4.98 Å². The summed E-state index contributed by atoms with van der Waals surface area (Å²) in [6.45, 7) is 6.48. The molecule has 0 spiro atoms. The van der Waals surface area contributed by atoms with Crippen molar-refractivity contribution in [3.8, 4) is 0 Å². The molecule has 0 N–H and O–H groups in total. The summed E-state index contributed by atoms with van der Waals surface area (Å²) in [7, 11) is 0. The molecule has 0 radical (unpaired) electrons. The zero-order valence-electron chi connectivity index (χ0n) is 14.3. The predicted octanol–water partition coefficient (Wildman–Crippen LogP) is 2.57. The Morgan fingerprint density at radius 1 is 1.12 bits per heavy atom. The molecule has 2 heterocycles. The Labute approximate surface area is 146 Å².